The van der Waals surface area contributed by atoms with E-state index >= 15 is 0 Å². The molecule has 1 aromatic rings. The lowest BCUT2D eigenvalue weighted by atomic mass is 10.2. The van der Waals surface area contributed by atoms with Crippen molar-refractivity contribution < 1.29 is 14.6 Å². The standard InChI is InChI=1S/C12H16O3/c1-2-11(8-12(13)14)15-9-10-6-4-3-5-7-10/h3-7,11H,2,8-9H2,1H3,(H,13,14)/t11-/m1/s1. The molecule has 0 saturated carbocycles. The number of hydrogen-bond acceptors (Lipinski definition) is 2. The molecule has 0 spiro atoms. The van der Waals surface area contributed by atoms with Gasteiger partial charge in [0.1, 0.15) is 0 Å². The molecule has 3 heteroatoms. The predicted octanol–water partition coefficient (Wildman–Crippen LogP) is 2.46. The van der Waals surface area contributed by atoms with E-state index in [4.69, 9.17) is 9.84 Å². The SMILES string of the molecule is CC[C@H](CC(=O)O)OCc1ccccc1. The van der Waals surface area contributed by atoms with Crippen molar-refractivity contribution in [2.45, 2.75) is 32.5 Å². The van der Waals surface area contributed by atoms with Crippen molar-refractivity contribution in [1.82, 2.24) is 0 Å². The first kappa shape index (κ1) is 11.7. The minimum Gasteiger partial charge on any atom is -0.481 e. The lowest BCUT2D eigenvalue weighted by Gasteiger charge is -2.13. The van der Waals surface area contributed by atoms with E-state index in [1.807, 2.05) is 37.3 Å². The fourth-order valence-corrected chi connectivity index (χ4v) is 1.30. The predicted molar refractivity (Wildman–Crippen MR) is 57.6 cm³/mol. The van der Waals surface area contributed by atoms with E-state index in [1.54, 1.807) is 0 Å². The maximum absolute atomic E-state index is 10.5. The molecular weight excluding hydrogens is 192 g/mol. The van der Waals surface area contributed by atoms with Crippen LogP contribution in [0.2, 0.25) is 0 Å². The zero-order chi connectivity index (χ0) is 11.1. The van der Waals surface area contributed by atoms with Crippen LogP contribution in [0.5, 0.6) is 0 Å². The molecule has 15 heavy (non-hydrogen) atoms. The second kappa shape index (κ2) is 6.19. The summed E-state index contributed by atoms with van der Waals surface area (Å²) in [6.45, 7) is 2.41. The summed E-state index contributed by atoms with van der Waals surface area (Å²) in [5.41, 5.74) is 1.07. The van der Waals surface area contributed by atoms with E-state index in [2.05, 4.69) is 0 Å². The Morgan fingerprint density at radius 3 is 2.60 bits per heavy atom. The van der Waals surface area contributed by atoms with Gasteiger partial charge in [-0.25, -0.2) is 0 Å². The normalized spacial score (nSPS) is 12.3. The lowest BCUT2D eigenvalue weighted by Crippen LogP contribution is -2.16. The summed E-state index contributed by atoms with van der Waals surface area (Å²) in [5, 5.41) is 8.63. The van der Waals surface area contributed by atoms with Crippen molar-refractivity contribution in [3.63, 3.8) is 0 Å². The smallest absolute Gasteiger partial charge is 0.305 e. The molecule has 0 heterocycles. The van der Waals surface area contributed by atoms with Crippen molar-refractivity contribution in [2.24, 2.45) is 0 Å². The molecule has 0 aromatic heterocycles. The van der Waals surface area contributed by atoms with Crippen LogP contribution in [0.25, 0.3) is 0 Å². The zero-order valence-corrected chi connectivity index (χ0v) is 8.85. The van der Waals surface area contributed by atoms with Crippen molar-refractivity contribution in [3.8, 4) is 0 Å². The summed E-state index contributed by atoms with van der Waals surface area (Å²) < 4.78 is 5.51. The molecular formula is C12H16O3. The number of carboxylic acids is 1. The summed E-state index contributed by atoms with van der Waals surface area (Å²) in [5.74, 6) is -0.810. The van der Waals surface area contributed by atoms with Gasteiger partial charge in [-0.1, -0.05) is 37.3 Å². The molecule has 0 amide bonds. The molecule has 0 aliphatic carbocycles. The van der Waals surface area contributed by atoms with Crippen molar-refractivity contribution in [3.05, 3.63) is 35.9 Å². The lowest BCUT2D eigenvalue weighted by molar-refractivity contribution is -0.140. The van der Waals surface area contributed by atoms with Crippen LogP contribution in [0.3, 0.4) is 0 Å². The van der Waals surface area contributed by atoms with E-state index in [1.165, 1.54) is 0 Å². The highest BCUT2D eigenvalue weighted by Gasteiger charge is 2.11. The van der Waals surface area contributed by atoms with Crippen LogP contribution in [0, 0.1) is 0 Å². The maximum atomic E-state index is 10.5. The summed E-state index contributed by atoms with van der Waals surface area (Å²) in [6.07, 6.45) is 0.602. The van der Waals surface area contributed by atoms with E-state index in [0.29, 0.717) is 6.61 Å². The Morgan fingerprint density at radius 2 is 2.07 bits per heavy atom. The average molecular weight is 208 g/mol. The quantitative estimate of drug-likeness (QED) is 0.781. The van der Waals surface area contributed by atoms with E-state index in [9.17, 15) is 4.79 Å². The van der Waals surface area contributed by atoms with Crippen molar-refractivity contribution in [1.29, 1.82) is 0 Å². The van der Waals surface area contributed by atoms with Gasteiger partial charge in [-0.15, -0.1) is 0 Å². The fraction of sp³-hybridized carbons (Fsp3) is 0.417. The van der Waals surface area contributed by atoms with Gasteiger partial charge in [-0.3, -0.25) is 4.79 Å². The van der Waals surface area contributed by atoms with E-state index < -0.39 is 5.97 Å². The van der Waals surface area contributed by atoms with Crippen LogP contribution in [-0.4, -0.2) is 17.2 Å². The summed E-state index contributed by atoms with van der Waals surface area (Å²) in [7, 11) is 0. The highest BCUT2D eigenvalue weighted by Crippen LogP contribution is 2.08. The maximum Gasteiger partial charge on any atom is 0.305 e. The Hall–Kier alpha value is -1.35. The molecule has 3 nitrogen and oxygen atoms in total. The number of ether oxygens (including phenoxy) is 1. The number of aliphatic carboxylic acids is 1. The minimum absolute atomic E-state index is 0.0728. The third-order valence-corrected chi connectivity index (χ3v) is 2.19. The minimum atomic E-state index is -0.810. The Morgan fingerprint density at radius 1 is 1.40 bits per heavy atom. The van der Waals surface area contributed by atoms with Crippen LogP contribution in [0.15, 0.2) is 30.3 Å². The van der Waals surface area contributed by atoms with Crippen molar-refractivity contribution in [2.75, 3.05) is 0 Å². The second-order valence-electron chi connectivity index (χ2n) is 3.42. The van der Waals surface area contributed by atoms with E-state index in [-0.39, 0.29) is 12.5 Å². The van der Waals surface area contributed by atoms with Gasteiger partial charge >= 0.3 is 5.97 Å². The Kier molecular flexibility index (Phi) is 4.84. The topological polar surface area (TPSA) is 46.5 Å². The molecule has 82 valence electrons. The molecule has 0 aliphatic heterocycles. The molecule has 0 bridgehead atoms. The van der Waals surface area contributed by atoms with Gasteiger partial charge in [0.25, 0.3) is 0 Å². The van der Waals surface area contributed by atoms with Gasteiger partial charge < -0.3 is 9.84 Å². The molecule has 0 radical (unpaired) electrons. The number of carboxylic acid groups (broad SMARTS) is 1. The molecule has 0 aliphatic rings. The monoisotopic (exact) mass is 208 g/mol. The number of benzene rings is 1. The summed E-state index contributed by atoms with van der Waals surface area (Å²) >= 11 is 0. The fourth-order valence-electron chi connectivity index (χ4n) is 1.30. The van der Waals surface area contributed by atoms with Gasteiger partial charge in [0.05, 0.1) is 19.1 Å². The first-order valence-electron chi connectivity index (χ1n) is 5.09. The molecule has 1 aromatic carbocycles. The molecule has 1 N–H and O–H groups in total. The summed E-state index contributed by atoms with van der Waals surface area (Å²) in [4.78, 5) is 10.5. The van der Waals surface area contributed by atoms with Crippen LogP contribution in [0.1, 0.15) is 25.3 Å². The van der Waals surface area contributed by atoms with Crippen LogP contribution in [0.4, 0.5) is 0 Å². The number of rotatable bonds is 6. The first-order chi connectivity index (χ1) is 7.22. The average Bonchev–Trinajstić information content (AvgIpc) is 2.25. The third kappa shape index (κ3) is 4.61. The molecule has 1 atom stereocenters. The van der Waals surface area contributed by atoms with Crippen LogP contribution >= 0.6 is 0 Å². The highest BCUT2D eigenvalue weighted by atomic mass is 16.5. The molecule has 0 fully saturated rings. The van der Waals surface area contributed by atoms with Crippen LogP contribution < -0.4 is 0 Å². The second-order valence-corrected chi connectivity index (χ2v) is 3.42. The molecule has 0 saturated heterocycles. The number of hydrogen-bond donors (Lipinski definition) is 1. The van der Waals surface area contributed by atoms with Gasteiger partial charge in [0.15, 0.2) is 0 Å². The van der Waals surface area contributed by atoms with Gasteiger partial charge in [0.2, 0.25) is 0 Å². The summed E-state index contributed by atoms with van der Waals surface area (Å²) in [6, 6.07) is 9.76. The highest BCUT2D eigenvalue weighted by molar-refractivity contribution is 5.67. The third-order valence-electron chi connectivity index (χ3n) is 2.19. The van der Waals surface area contributed by atoms with Gasteiger partial charge in [0, 0.05) is 0 Å². The first-order valence-corrected chi connectivity index (χ1v) is 5.09. The molecule has 0 unspecified atom stereocenters. The zero-order valence-electron chi connectivity index (χ0n) is 8.85. The van der Waals surface area contributed by atoms with Gasteiger partial charge in [-0.05, 0) is 12.0 Å². The Bertz CT molecular complexity index is 295. The Balaban J connectivity index is 2.37. The number of carbonyl (C=O) groups is 1. The van der Waals surface area contributed by atoms with Crippen LogP contribution in [-0.2, 0) is 16.1 Å². The largest absolute Gasteiger partial charge is 0.481 e. The van der Waals surface area contributed by atoms with Crippen molar-refractivity contribution >= 4 is 5.97 Å². The molecule has 1 rings (SSSR count). The Labute approximate surface area is 89.7 Å². The van der Waals surface area contributed by atoms with E-state index in [0.717, 1.165) is 12.0 Å². The van der Waals surface area contributed by atoms with Gasteiger partial charge in [-0.2, -0.15) is 0 Å².